The molecule has 20 heavy (non-hydrogen) atoms. The average molecular weight is 281 g/mol. The number of nitrogens with one attached hydrogen (secondary N) is 1. The average Bonchev–Trinajstić information content (AvgIpc) is 2.47. The van der Waals surface area contributed by atoms with E-state index in [1.54, 1.807) is 12.1 Å². The van der Waals surface area contributed by atoms with Gasteiger partial charge in [-0.25, -0.2) is 4.39 Å². The molecule has 0 saturated heterocycles. The summed E-state index contributed by atoms with van der Waals surface area (Å²) in [4.78, 5) is 0. The van der Waals surface area contributed by atoms with Crippen LogP contribution in [-0.4, -0.2) is 13.2 Å². The van der Waals surface area contributed by atoms with Gasteiger partial charge in [-0.2, -0.15) is 0 Å². The number of halogens is 1. The van der Waals surface area contributed by atoms with Gasteiger partial charge in [-0.3, -0.25) is 0 Å². The molecule has 0 aromatic heterocycles. The third kappa shape index (κ3) is 5.12. The highest BCUT2D eigenvalue weighted by atomic mass is 19.1. The first-order valence-corrected chi connectivity index (χ1v) is 7.77. The first-order valence-electron chi connectivity index (χ1n) is 7.77. The molecule has 0 aliphatic carbocycles. The van der Waals surface area contributed by atoms with Gasteiger partial charge >= 0.3 is 0 Å². The van der Waals surface area contributed by atoms with Crippen molar-refractivity contribution >= 4 is 0 Å². The van der Waals surface area contributed by atoms with Crippen molar-refractivity contribution in [3.8, 4) is 5.75 Å². The summed E-state index contributed by atoms with van der Waals surface area (Å²) in [7, 11) is 0. The van der Waals surface area contributed by atoms with E-state index in [0.717, 1.165) is 31.4 Å². The molecule has 0 radical (unpaired) electrons. The van der Waals surface area contributed by atoms with Gasteiger partial charge in [-0.1, -0.05) is 39.7 Å². The minimum atomic E-state index is -0.265. The largest absolute Gasteiger partial charge is 0.490 e. The van der Waals surface area contributed by atoms with Gasteiger partial charge in [0.25, 0.3) is 0 Å². The second-order valence-corrected chi connectivity index (χ2v) is 5.36. The molecule has 0 amide bonds. The summed E-state index contributed by atoms with van der Waals surface area (Å²) in [5.74, 6) is 0.598. The second kappa shape index (κ2) is 8.96. The van der Waals surface area contributed by atoms with Crippen LogP contribution < -0.4 is 10.1 Å². The van der Waals surface area contributed by atoms with Gasteiger partial charge in [-0.15, -0.1) is 0 Å². The molecule has 1 unspecified atom stereocenters. The first-order chi connectivity index (χ1) is 9.62. The Kier molecular flexibility index (Phi) is 7.60. The summed E-state index contributed by atoms with van der Waals surface area (Å²) < 4.78 is 19.6. The van der Waals surface area contributed by atoms with Crippen molar-refractivity contribution in [1.29, 1.82) is 0 Å². The zero-order valence-corrected chi connectivity index (χ0v) is 13.2. The molecule has 1 aromatic carbocycles. The second-order valence-electron chi connectivity index (χ2n) is 5.36. The molecule has 1 atom stereocenters. The molecule has 1 N–H and O–H groups in total. The van der Waals surface area contributed by atoms with Crippen LogP contribution >= 0.6 is 0 Å². The van der Waals surface area contributed by atoms with Crippen LogP contribution in [-0.2, 0) is 0 Å². The predicted octanol–water partition coefficient (Wildman–Crippen LogP) is 4.70. The summed E-state index contributed by atoms with van der Waals surface area (Å²) in [6.45, 7) is 9.98. The topological polar surface area (TPSA) is 21.3 Å². The fraction of sp³-hybridized carbons (Fsp3) is 0.647. The molecule has 0 fully saturated rings. The van der Waals surface area contributed by atoms with Crippen LogP contribution in [0.2, 0.25) is 0 Å². The lowest BCUT2D eigenvalue weighted by molar-refractivity contribution is 0.231. The zero-order chi connectivity index (χ0) is 15.0. The molecule has 0 heterocycles. The predicted molar refractivity (Wildman–Crippen MR) is 82.7 cm³/mol. The van der Waals surface area contributed by atoms with Crippen molar-refractivity contribution in [3.63, 3.8) is 0 Å². The maximum atomic E-state index is 14.0. The molecule has 1 aromatic rings. The number of ether oxygens (including phenoxy) is 1. The van der Waals surface area contributed by atoms with Crippen molar-refractivity contribution in [2.24, 2.45) is 5.92 Å². The SMILES string of the molecule is CCCNC(C)c1ccc(OCC(CC)CC)c(F)c1. The maximum Gasteiger partial charge on any atom is 0.165 e. The van der Waals surface area contributed by atoms with Crippen LogP contribution in [0.3, 0.4) is 0 Å². The van der Waals surface area contributed by atoms with Crippen LogP contribution in [0.25, 0.3) is 0 Å². The van der Waals surface area contributed by atoms with E-state index >= 15 is 0 Å². The molecule has 2 nitrogen and oxygen atoms in total. The highest BCUT2D eigenvalue weighted by Crippen LogP contribution is 2.23. The van der Waals surface area contributed by atoms with Crippen LogP contribution in [0.5, 0.6) is 5.75 Å². The van der Waals surface area contributed by atoms with Crippen LogP contribution in [0.15, 0.2) is 18.2 Å². The fourth-order valence-electron chi connectivity index (χ4n) is 2.11. The maximum absolute atomic E-state index is 14.0. The van der Waals surface area contributed by atoms with Crippen molar-refractivity contribution in [2.75, 3.05) is 13.2 Å². The molecule has 0 saturated carbocycles. The minimum absolute atomic E-state index is 0.164. The van der Waals surface area contributed by atoms with Gasteiger partial charge in [0.1, 0.15) is 0 Å². The summed E-state index contributed by atoms with van der Waals surface area (Å²) in [6.07, 6.45) is 3.20. The molecule has 0 bridgehead atoms. The highest BCUT2D eigenvalue weighted by Gasteiger charge is 2.11. The Morgan fingerprint density at radius 2 is 1.90 bits per heavy atom. The Hall–Kier alpha value is -1.09. The van der Waals surface area contributed by atoms with Gasteiger partial charge in [0.05, 0.1) is 6.61 Å². The van der Waals surface area contributed by atoms with E-state index in [4.69, 9.17) is 4.74 Å². The summed E-state index contributed by atoms with van der Waals surface area (Å²) in [5, 5.41) is 3.36. The standard InChI is InChI=1S/C17H28FNO/c1-5-10-19-13(4)15-8-9-17(16(18)11-15)20-12-14(6-2)7-3/h8-9,11,13-14,19H,5-7,10,12H2,1-4H3. The fourth-order valence-corrected chi connectivity index (χ4v) is 2.11. The van der Waals surface area contributed by atoms with E-state index in [1.165, 1.54) is 0 Å². The molecular weight excluding hydrogens is 253 g/mol. The summed E-state index contributed by atoms with van der Waals surface area (Å²) in [6, 6.07) is 5.43. The summed E-state index contributed by atoms with van der Waals surface area (Å²) >= 11 is 0. The van der Waals surface area contributed by atoms with Crippen LogP contribution in [0.1, 0.15) is 58.6 Å². The van der Waals surface area contributed by atoms with Crippen LogP contribution in [0, 0.1) is 11.7 Å². The van der Waals surface area contributed by atoms with Crippen molar-refractivity contribution < 1.29 is 9.13 Å². The summed E-state index contributed by atoms with van der Waals surface area (Å²) in [5.41, 5.74) is 0.964. The lowest BCUT2D eigenvalue weighted by atomic mass is 10.1. The van der Waals surface area contributed by atoms with Gasteiger partial charge in [0, 0.05) is 6.04 Å². The first kappa shape index (κ1) is 17.0. The van der Waals surface area contributed by atoms with E-state index in [9.17, 15) is 4.39 Å². The molecule has 3 heteroatoms. The zero-order valence-electron chi connectivity index (χ0n) is 13.2. The molecule has 0 spiro atoms. The quantitative estimate of drug-likeness (QED) is 0.708. The Morgan fingerprint density at radius 1 is 1.20 bits per heavy atom. The number of hydrogen-bond acceptors (Lipinski definition) is 2. The monoisotopic (exact) mass is 281 g/mol. The molecular formula is C17H28FNO. The Labute approximate surface area is 122 Å². The lowest BCUT2D eigenvalue weighted by Gasteiger charge is -2.17. The van der Waals surface area contributed by atoms with Gasteiger partial charge in [-0.05, 0) is 43.5 Å². The molecule has 0 aliphatic rings. The third-order valence-electron chi connectivity index (χ3n) is 3.79. The number of rotatable bonds is 9. The van der Waals surface area contributed by atoms with Crippen LogP contribution in [0.4, 0.5) is 4.39 Å². The third-order valence-corrected chi connectivity index (χ3v) is 3.79. The molecule has 0 aliphatic heterocycles. The minimum Gasteiger partial charge on any atom is -0.490 e. The highest BCUT2D eigenvalue weighted by molar-refractivity contribution is 5.30. The van der Waals surface area contributed by atoms with Crippen molar-refractivity contribution in [1.82, 2.24) is 5.32 Å². The number of hydrogen-bond donors (Lipinski definition) is 1. The Morgan fingerprint density at radius 3 is 2.45 bits per heavy atom. The van der Waals surface area contributed by atoms with Crippen molar-refractivity contribution in [3.05, 3.63) is 29.6 Å². The van der Waals surface area contributed by atoms with Gasteiger partial charge in [0.15, 0.2) is 11.6 Å². The van der Waals surface area contributed by atoms with E-state index < -0.39 is 0 Å². The normalized spacial score (nSPS) is 12.7. The van der Waals surface area contributed by atoms with E-state index in [-0.39, 0.29) is 11.9 Å². The molecule has 114 valence electrons. The van der Waals surface area contributed by atoms with Gasteiger partial charge in [0.2, 0.25) is 0 Å². The molecule has 1 rings (SSSR count). The Balaban J connectivity index is 2.63. The smallest absolute Gasteiger partial charge is 0.165 e. The van der Waals surface area contributed by atoms with Gasteiger partial charge < -0.3 is 10.1 Å². The van der Waals surface area contributed by atoms with E-state index in [2.05, 4.69) is 33.0 Å². The lowest BCUT2D eigenvalue weighted by Crippen LogP contribution is -2.19. The Bertz CT molecular complexity index is 391. The van der Waals surface area contributed by atoms with Crippen molar-refractivity contribution in [2.45, 2.75) is 53.0 Å². The number of benzene rings is 1. The van der Waals surface area contributed by atoms with E-state index in [1.807, 2.05) is 6.07 Å². The van der Waals surface area contributed by atoms with E-state index in [0.29, 0.717) is 18.3 Å².